The minimum absolute atomic E-state index is 0.681. The number of rotatable bonds is 1. The van der Waals surface area contributed by atoms with Gasteiger partial charge in [-0.1, -0.05) is 6.58 Å². The first-order valence-electron chi connectivity index (χ1n) is 2.22. The maximum absolute atomic E-state index is 4.82. The molecule has 0 amide bonds. The first kappa shape index (κ1) is 5.31. The van der Waals surface area contributed by atoms with Crippen LogP contribution >= 0.6 is 12.2 Å². The molecule has 0 radical (unpaired) electrons. The molecule has 0 aliphatic heterocycles. The normalized spacial score (nSPS) is 9.00. The molecule has 0 bridgehead atoms. The number of imidazole rings is 1. The molecule has 8 heavy (non-hydrogen) atoms. The van der Waals surface area contributed by atoms with Gasteiger partial charge in [-0.25, -0.2) is 0 Å². The van der Waals surface area contributed by atoms with Crippen molar-refractivity contribution in [2.45, 2.75) is 0 Å². The van der Waals surface area contributed by atoms with Crippen molar-refractivity contribution in [1.29, 1.82) is 0 Å². The van der Waals surface area contributed by atoms with E-state index in [2.05, 4.69) is 11.6 Å². The molecule has 0 atom stereocenters. The zero-order chi connectivity index (χ0) is 5.98. The summed E-state index contributed by atoms with van der Waals surface area (Å²) in [6.07, 6.45) is 5.23. The van der Waals surface area contributed by atoms with Crippen LogP contribution < -0.4 is 0 Å². The molecule has 0 spiro atoms. The lowest BCUT2D eigenvalue weighted by molar-refractivity contribution is 1.11. The van der Waals surface area contributed by atoms with E-state index >= 15 is 0 Å². The molecule has 1 rings (SSSR count). The minimum Gasteiger partial charge on any atom is -0.337 e. The van der Waals surface area contributed by atoms with Gasteiger partial charge in [-0.05, 0) is 12.2 Å². The van der Waals surface area contributed by atoms with Gasteiger partial charge in [0.1, 0.15) is 0 Å². The highest BCUT2D eigenvalue weighted by Crippen LogP contribution is 1.87. The lowest BCUT2D eigenvalue weighted by Crippen LogP contribution is -1.78. The van der Waals surface area contributed by atoms with Crippen LogP contribution in [-0.4, -0.2) is 9.55 Å². The van der Waals surface area contributed by atoms with Gasteiger partial charge in [-0.15, -0.1) is 0 Å². The maximum atomic E-state index is 4.82. The highest BCUT2D eigenvalue weighted by Gasteiger charge is 1.79. The third-order valence-electron chi connectivity index (χ3n) is 0.873. The molecular formula is C5H6N2S. The Balaban J connectivity index is 3.30. The van der Waals surface area contributed by atoms with Gasteiger partial charge in [0.05, 0.1) is 0 Å². The monoisotopic (exact) mass is 126 g/mol. The van der Waals surface area contributed by atoms with Crippen molar-refractivity contribution >= 4 is 18.4 Å². The van der Waals surface area contributed by atoms with Crippen LogP contribution in [0, 0.1) is 4.77 Å². The van der Waals surface area contributed by atoms with Crippen LogP contribution in [0.15, 0.2) is 19.0 Å². The summed E-state index contributed by atoms with van der Waals surface area (Å²) < 4.78 is 2.41. The van der Waals surface area contributed by atoms with Crippen molar-refractivity contribution in [3.63, 3.8) is 0 Å². The largest absolute Gasteiger partial charge is 0.337 e. The first-order chi connectivity index (χ1) is 3.84. The highest BCUT2D eigenvalue weighted by atomic mass is 32.1. The van der Waals surface area contributed by atoms with E-state index in [0.717, 1.165) is 0 Å². The molecule has 1 aromatic heterocycles. The molecule has 0 aliphatic rings. The molecule has 1 aromatic rings. The van der Waals surface area contributed by atoms with Gasteiger partial charge in [0.15, 0.2) is 4.77 Å². The summed E-state index contributed by atoms with van der Waals surface area (Å²) in [4.78, 5) is 2.83. The zero-order valence-corrected chi connectivity index (χ0v) is 5.11. The van der Waals surface area contributed by atoms with Crippen molar-refractivity contribution in [2.24, 2.45) is 0 Å². The minimum atomic E-state index is 0.681. The van der Waals surface area contributed by atoms with Crippen LogP contribution in [0.5, 0.6) is 0 Å². The van der Waals surface area contributed by atoms with E-state index in [1.165, 1.54) is 0 Å². The van der Waals surface area contributed by atoms with Crippen LogP contribution in [0.3, 0.4) is 0 Å². The number of hydrogen-bond acceptors (Lipinski definition) is 1. The van der Waals surface area contributed by atoms with E-state index in [1.54, 1.807) is 17.0 Å². The lowest BCUT2D eigenvalue weighted by atomic mass is 10.9. The van der Waals surface area contributed by atoms with E-state index in [0.29, 0.717) is 4.77 Å². The fraction of sp³-hybridized carbons (Fsp3) is 0. The Hall–Kier alpha value is -0.830. The van der Waals surface area contributed by atoms with Crippen molar-refractivity contribution in [3.05, 3.63) is 23.7 Å². The van der Waals surface area contributed by atoms with Crippen molar-refractivity contribution in [2.75, 3.05) is 0 Å². The Morgan fingerprint density at radius 3 is 2.88 bits per heavy atom. The Kier molecular flexibility index (Phi) is 1.30. The van der Waals surface area contributed by atoms with E-state index in [4.69, 9.17) is 12.2 Å². The molecular weight excluding hydrogens is 120 g/mol. The number of hydrogen-bond donors (Lipinski definition) is 1. The molecule has 0 fully saturated rings. The summed E-state index contributed by atoms with van der Waals surface area (Å²) in [7, 11) is 0. The number of H-pyrrole nitrogens is 1. The lowest BCUT2D eigenvalue weighted by Gasteiger charge is -1.83. The van der Waals surface area contributed by atoms with Gasteiger partial charge in [0.2, 0.25) is 0 Å². The number of nitrogens with one attached hydrogen (secondary N) is 1. The second-order valence-corrected chi connectivity index (χ2v) is 1.74. The highest BCUT2D eigenvalue weighted by molar-refractivity contribution is 7.71. The van der Waals surface area contributed by atoms with E-state index in [-0.39, 0.29) is 0 Å². The molecule has 1 N–H and O–H groups in total. The van der Waals surface area contributed by atoms with Crippen LogP contribution in [-0.2, 0) is 0 Å². The van der Waals surface area contributed by atoms with Crippen LogP contribution in [0.25, 0.3) is 6.20 Å². The Morgan fingerprint density at radius 2 is 2.62 bits per heavy atom. The Labute approximate surface area is 52.5 Å². The summed E-state index contributed by atoms with van der Waals surface area (Å²) >= 11 is 4.82. The molecule has 2 nitrogen and oxygen atoms in total. The summed E-state index contributed by atoms with van der Waals surface area (Å²) in [5.41, 5.74) is 0. The molecule has 0 aliphatic carbocycles. The van der Waals surface area contributed by atoms with Gasteiger partial charge in [0.25, 0.3) is 0 Å². The SMILES string of the molecule is C=Cn1cc[nH]c1=S. The number of aromatic nitrogens is 2. The third kappa shape index (κ3) is 0.721. The van der Waals surface area contributed by atoms with E-state index in [9.17, 15) is 0 Å². The number of aromatic amines is 1. The number of nitrogens with zero attached hydrogens (tertiary/aromatic N) is 1. The molecule has 42 valence electrons. The molecule has 0 saturated carbocycles. The third-order valence-corrected chi connectivity index (χ3v) is 1.20. The van der Waals surface area contributed by atoms with Gasteiger partial charge in [0, 0.05) is 18.6 Å². The molecule has 1 heterocycles. The zero-order valence-electron chi connectivity index (χ0n) is 4.29. The van der Waals surface area contributed by atoms with Crippen LogP contribution in [0.1, 0.15) is 0 Å². The van der Waals surface area contributed by atoms with E-state index < -0.39 is 0 Å². The molecule has 3 heteroatoms. The van der Waals surface area contributed by atoms with Gasteiger partial charge in [-0.2, -0.15) is 0 Å². The maximum Gasteiger partial charge on any atom is 0.181 e. The smallest absolute Gasteiger partial charge is 0.181 e. The molecule has 0 saturated heterocycles. The Morgan fingerprint density at radius 1 is 1.88 bits per heavy atom. The topological polar surface area (TPSA) is 20.7 Å². The summed E-state index contributed by atoms with van der Waals surface area (Å²) in [5.74, 6) is 0. The Bertz CT molecular complexity index is 233. The second-order valence-electron chi connectivity index (χ2n) is 1.36. The van der Waals surface area contributed by atoms with Crippen LogP contribution in [0.4, 0.5) is 0 Å². The quantitative estimate of drug-likeness (QED) is 0.567. The van der Waals surface area contributed by atoms with Crippen LogP contribution in [0.2, 0.25) is 0 Å². The fourth-order valence-corrected chi connectivity index (χ4v) is 0.678. The fourth-order valence-electron chi connectivity index (χ4n) is 0.475. The standard InChI is InChI=1S/C5H6N2S/c1-2-7-4-3-6-5(7)8/h2-4H,1H2,(H,6,8). The summed E-state index contributed by atoms with van der Waals surface area (Å²) in [6.45, 7) is 3.54. The summed E-state index contributed by atoms with van der Waals surface area (Å²) in [6, 6.07) is 0. The predicted octanol–water partition coefficient (Wildman–Crippen LogP) is 1.65. The molecule has 0 unspecified atom stereocenters. The average molecular weight is 126 g/mol. The van der Waals surface area contributed by atoms with Crippen molar-refractivity contribution in [3.8, 4) is 0 Å². The average Bonchev–Trinajstić information content (AvgIpc) is 2.14. The van der Waals surface area contributed by atoms with E-state index in [1.807, 2.05) is 6.20 Å². The molecule has 0 aromatic carbocycles. The van der Waals surface area contributed by atoms with Gasteiger partial charge < -0.3 is 9.55 Å². The van der Waals surface area contributed by atoms with Crippen molar-refractivity contribution < 1.29 is 0 Å². The van der Waals surface area contributed by atoms with Gasteiger partial charge >= 0.3 is 0 Å². The van der Waals surface area contributed by atoms with Gasteiger partial charge in [-0.3, -0.25) is 0 Å². The van der Waals surface area contributed by atoms with Crippen molar-refractivity contribution in [1.82, 2.24) is 9.55 Å². The predicted molar refractivity (Wildman–Crippen MR) is 36.0 cm³/mol. The first-order valence-corrected chi connectivity index (χ1v) is 2.63. The second kappa shape index (κ2) is 1.96. The summed E-state index contributed by atoms with van der Waals surface area (Å²) in [5, 5.41) is 0.